The summed E-state index contributed by atoms with van der Waals surface area (Å²) >= 11 is 1.66. The highest BCUT2D eigenvalue weighted by atomic mass is 32.1. The van der Waals surface area contributed by atoms with Crippen LogP contribution in [0, 0.1) is 12.8 Å². The van der Waals surface area contributed by atoms with E-state index < -0.39 is 0 Å². The number of piperidine rings is 1. The smallest absolute Gasteiger partial charge is 0.236 e. The Kier molecular flexibility index (Phi) is 3.92. The van der Waals surface area contributed by atoms with E-state index in [1.165, 1.54) is 0 Å². The largest absolute Gasteiger partial charge is 0.440 e. The van der Waals surface area contributed by atoms with E-state index in [2.05, 4.69) is 16.8 Å². The third kappa shape index (κ3) is 2.95. The van der Waals surface area contributed by atoms with Crippen molar-refractivity contribution in [3.8, 4) is 10.8 Å². The molecule has 2 aromatic rings. The number of nitrogens with two attached hydrogens (primary N) is 1. The summed E-state index contributed by atoms with van der Waals surface area (Å²) in [5.41, 5.74) is 7.14. The summed E-state index contributed by atoms with van der Waals surface area (Å²) in [6.07, 6.45) is 1.12. The quantitative estimate of drug-likeness (QED) is 0.944. The second-order valence-electron chi connectivity index (χ2n) is 5.79. The van der Waals surface area contributed by atoms with Crippen molar-refractivity contribution in [1.82, 2.24) is 9.88 Å². The number of aromatic nitrogens is 1. The average Bonchev–Trinajstić information content (AvgIpc) is 2.98. The van der Waals surface area contributed by atoms with Crippen molar-refractivity contribution in [3.05, 3.63) is 29.0 Å². The molecule has 0 aliphatic carbocycles. The highest BCUT2D eigenvalue weighted by Crippen LogP contribution is 2.27. The van der Waals surface area contributed by atoms with E-state index in [1.807, 2.05) is 24.4 Å². The first-order valence-electron chi connectivity index (χ1n) is 7.10. The molecule has 1 aliphatic heterocycles. The molecule has 4 nitrogen and oxygen atoms in total. The first-order chi connectivity index (χ1) is 9.61. The van der Waals surface area contributed by atoms with Gasteiger partial charge in [0.15, 0.2) is 0 Å². The van der Waals surface area contributed by atoms with Gasteiger partial charge in [-0.3, -0.25) is 4.90 Å². The summed E-state index contributed by atoms with van der Waals surface area (Å²) < 4.78 is 5.80. The zero-order valence-corrected chi connectivity index (χ0v) is 12.8. The number of rotatable bonds is 3. The number of thiophene rings is 1. The summed E-state index contributed by atoms with van der Waals surface area (Å²) in [6, 6.07) is 4.34. The number of hydrogen-bond donors (Lipinski definition) is 1. The van der Waals surface area contributed by atoms with Gasteiger partial charge < -0.3 is 10.2 Å². The lowest BCUT2D eigenvalue weighted by molar-refractivity contribution is 0.156. The van der Waals surface area contributed by atoms with Gasteiger partial charge in [-0.2, -0.15) is 0 Å². The van der Waals surface area contributed by atoms with Crippen LogP contribution in [0.1, 0.15) is 24.8 Å². The van der Waals surface area contributed by atoms with Crippen molar-refractivity contribution in [3.63, 3.8) is 0 Å². The van der Waals surface area contributed by atoms with Gasteiger partial charge in [-0.15, -0.1) is 11.3 Å². The van der Waals surface area contributed by atoms with Crippen molar-refractivity contribution < 1.29 is 4.42 Å². The maximum atomic E-state index is 6.11. The van der Waals surface area contributed by atoms with Crippen LogP contribution in [0.4, 0.5) is 0 Å². The van der Waals surface area contributed by atoms with E-state index in [4.69, 9.17) is 10.2 Å². The Morgan fingerprint density at radius 3 is 3.05 bits per heavy atom. The van der Waals surface area contributed by atoms with Crippen molar-refractivity contribution in [1.29, 1.82) is 0 Å². The molecule has 5 heteroatoms. The minimum Gasteiger partial charge on any atom is -0.440 e. The molecule has 1 fully saturated rings. The maximum Gasteiger partial charge on any atom is 0.236 e. The summed E-state index contributed by atoms with van der Waals surface area (Å²) in [5.74, 6) is 2.31. The van der Waals surface area contributed by atoms with Gasteiger partial charge in [0.05, 0.1) is 10.6 Å². The maximum absolute atomic E-state index is 6.11. The Morgan fingerprint density at radius 2 is 2.35 bits per heavy atom. The fourth-order valence-electron chi connectivity index (χ4n) is 2.93. The molecule has 3 heterocycles. The van der Waals surface area contributed by atoms with Gasteiger partial charge in [-0.1, -0.05) is 13.0 Å². The van der Waals surface area contributed by atoms with Crippen LogP contribution >= 0.6 is 11.3 Å². The molecule has 2 atom stereocenters. The SMILES string of the molecule is Cc1oc(-c2cccs2)nc1CN1CC(C)CC(N)C1. The highest BCUT2D eigenvalue weighted by molar-refractivity contribution is 7.13. The van der Waals surface area contributed by atoms with E-state index in [-0.39, 0.29) is 6.04 Å². The van der Waals surface area contributed by atoms with Crippen LogP contribution < -0.4 is 5.73 Å². The van der Waals surface area contributed by atoms with E-state index in [0.29, 0.717) is 5.92 Å². The molecular weight excluding hydrogens is 270 g/mol. The third-order valence-electron chi connectivity index (χ3n) is 3.77. The Balaban J connectivity index is 1.74. The highest BCUT2D eigenvalue weighted by Gasteiger charge is 2.24. The van der Waals surface area contributed by atoms with E-state index in [9.17, 15) is 0 Å². The zero-order chi connectivity index (χ0) is 14.1. The monoisotopic (exact) mass is 291 g/mol. The Bertz CT molecular complexity index is 554. The summed E-state index contributed by atoms with van der Waals surface area (Å²) in [7, 11) is 0. The molecule has 108 valence electrons. The van der Waals surface area contributed by atoms with Crippen molar-refractivity contribution in [2.45, 2.75) is 32.9 Å². The van der Waals surface area contributed by atoms with Gasteiger partial charge in [0, 0.05) is 25.7 Å². The van der Waals surface area contributed by atoms with E-state index in [0.717, 1.165) is 48.3 Å². The zero-order valence-electron chi connectivity index (χ0n) is 12.0. The molecule has 0 aromatic carbocycles. The number of oxazole rings is 1. The standard InChI is InChI=1S/C15H21N3OS/c1-10-6-12(16)8-18(7-10)9-13-11(2)19-15(17-13)14-4-3-5-20-14/h3-5,10,12H,6-9,16H2,1-2H3. The molecule has 1 saturated heterocycles. The molecule has 0 spiro atoms. The fraction of sp³-hybridized carbons (Fsp3) is 0.533. The van der Waals surface area contributed by atoms with Crippen LogP contribution in [0.5, 0.6) is 0 Å². The van der Waals surface area contributed by atoms with Crippen LogP contribution in [-0.4, -0.2) is 29.0 Å². The van der Waals surface area contributed by atoms with Crippen LogP contribution in [0.2, 0.25) is 0 Å². The summed E-state index contributed by atoms with van der Waals surface area (Å²) in [6.45, 7) is 7.13. The number of hydrogen-bond acceptors (Lipinski definition) is 5. The summed E-state index contributed by atoms with van der Waals surface area (Å²) in [5, 5.41) is 2.04. The molecule has 0 saturated carbocycles. The Hall–Kier alpha value is -1.17. The van der Waals surface area contributed by atoms with Crippen molar-refractivity contribution in [2.24, 2.45) is 11.7 Å². The lowest BCUT2D eigenvalue weighted by Crippen LogP contribution is -2.45. The Morgan fingerprint density at radius 1 is 1.50 bits per heavy atom. The molecule has 3 rings (SSSR count). The third-order valence-corrected chi connectivity index (χ3v) is 4.62. The topological polar surface area (TPSA) is 55.3 Å². The van der Waals surface area contributed by atoms with Crippen molar-refractivity contribution >= 4 is 11.3 Å². The first-order valence-corrected chi connectivity index (χ1v) is 7.98. The van der Waals surface area contributed by atoms with Crippen LogP contribution in [-0.2, 0) is 6.54 Å². The number of likely N-dealkylation sites (tertiary alicyclic amines) is 1. The van der Waals surface area contributed by atoms with Gasteiger partial charge >= 0.3 is 0 Å². The molecular formula is C15H21N3OS. The van der Waals surface area contributed by atoms with Gasteiger partial charge in [0.25, 0.3) is 0 Å². The second kappa shape index (κ2) is 5.68. The number of nitrogens with zero attached hydrogens (tertiary/aromatic N) is 2. The van der Waals surface area contributed by atoms with E-state index >= 15 is 0 Å². The van der Waals surface area contributed by atoms with Crippen LogP contribution in [0.3, 0.4) is 0 Å². The molecule has 20 heavy (non-hydrogen) atoms. The van der Waals surface area contributed by atoms with Crippen molar-refractivity contribution in [2.75, 3.05) is 13.1 Å². The van der Waals surface area contributed by atoms with E-state index in [1.54, 1.807) is 11.3 Å². The molecule has 0 radical (unpaired) electrons. The molecule has 1 aliphatic rings. The lowest BCUT2D eigenvalue weighted by Gasteiger charge is -2.34. The molecule has 0 amide bonds. The fourth-order valence-corrected chi connectivity index (χ4v) is 3.58. The predicted octanol–water partition coefficient (Wildman–Crippen LogP) is 2.88. The van der Waals surface area contributed by atoms with Gasteiger partial charge in [0.2, 0.25) is 5.89 Å². The van der Waals surface area contributed by atoms with Gasteiger partial charge in [-0.25, -0.2) is 4.98 Å². The lowest BCUT2D eigenvalue weighted by atomic mass is 9.96. The minimum absolute atomic E-state index is 0.280. The predicted molar refractivity (Wildman–Crippen MR) is 81.6 cm³/mol. The summed E-state index contributed by atoms with van der Waals surface area (Å²) in [4.78, 5) is 8.13. The molecule has 2 unspecified atom stereocenters. The molecule has 2 N–H and O–H groups in total. The normalized spacial score (nSPS) is 24.1. The van der Waals surface area contributed by atoms with Crippen LogP contribution in [0.15, 0.2) is 21.9 Å². The van der Waals surface area contributed by atoms with Gasteiger partial charge in [-0.05, 0) is 30.7 Å². The minimum atomic E-state index is 0.280. The Labute approximate surface area is 123 Å². The first kappa shape index (κ1) is 13.8. The van der Waals surface area contributed by atoms with Gasteiger partial charge in [0.1, 0.15) is 5.76 Å². The molecule has 2 aromatic heterocycles. The second-order valence-corrected chi connectivity index (χ2v) is 6.74. The molecule has 0 bridgehead atoms. The number of aryl methyl sites for hydroxylation is 1. The average molecular weight is 291 g/mol. The van der Waals surface area contributed by atoms with Crippen LogP contribution in [0.25, 0.3) is 10.8 Å².